The molecule has 12 heteroatoms. The van der Waals surface area contributed by atoms with Crippen LogP contribution in [0.4, 0.5) is 11.4 Å². The lowest BCUT2D eigenvalue weighted by Gasteiger charge is -2.08. The van der Waals surface area contributed by atoms with E-state index >= 15 is 0 Å². The summed E-state index contributed by atoms with van der Waals surface area (Å²) in [4.78, 5) is -1.22. The van der Waals surface area contributed by atoms with Gasteiger partial charge in [0.1, 0.15) is 27.0 Å². The van der Waals surface area contributed by atoms with Crippen molar-refractivity contribution in [3.63, 3.8) is 0 Å². The van der Waals surface area contributed by atoms with Gasteiger partial charge in [-0.25, -0.2) is 0 Å². The van der Waals surface area contributed by atoms with E-state index in [0.717, 1.165) is 24.3 Å². The second-order valence-electron chi connectivity index (χ2n) is 5.62. The van der Waals surface area contributed by atoms with Crippen LogP contribution in [-0.4, -0.2) is 36.2 Å². The van der Waals surface area contributed by atoms with Crippen molar-refractivity contribution in [3.8, 4) is 11.5 Å². The Kier molecular flexibility index (Phi) is 4.81. The van der Waals surface area contributed by atoms with Crippen LogP contribution in [-0.2, 0) is 20.2 Å². The quantitative estimate of drug-likeness (QED) is 0.365. The lowest BCUT2D eigenvalue weighted by atomic mass is 10.1. The number of rotatable bonds is 4. The molecule has 10 nitrogen and oxygen atoms in total. The first-order chi connectivity index (χ1) is 13.0. The zero-order valence-corrected chi connectivity index (χ0v) is 15.4. The second-order valence-corrected chi connectivity index (χ2v) is 8.40. The predicted octanol–water partition coefficient (Wildman–Crippen LogP) is 3.16. The molecule has 0 fully saturated rings. The van der Waals surface area contributed by atoms with Crippen LogP contribution in [0.15, 0.2) is 68.6 Å². The van der Waals surface area contributed by atoms with Crippen molar-refractivity contribution in [3.05, 3.63) is 48.5 Å². The molecule has 0 aliphatic heterocycles. The maximum absolute atomic E-state index is 11.7. The molecule has 0 aromatic heterocycles. The van der Waals surface area contributed by atoms with Crippen molar-refractivity contribution in [1.29, 1.82) is 0 Å². The van der Waals surface area contributed by atoms with E-state index in [2.05, 4.69) is 10.2 Å². The molecule has 0 radical (unpaired) electrons. The van der Waals surface area contributed by atoms with Crippen molar-refractivity contribution in [2.24, 2.45) is 10.2 Å². The highest BCUT2D eigenvalue weighted by Gasteiger charge is 2.21. The molecule has 3 aromatic carbocycles. The Hall–Kier alpha value is -3.06. The molecule has 0 atom stereocenters. The minimum absolute atomic E-state index is 0.0608. The van der Waals surface area contributed by atoms with Crippen LogP contribution in [0.1, 0.15) is 0 Å². The third-order valence-corrected chi connectivity index (χ3v) is 5.50. The molecule has 0 heterocycles. The first-order valence-corrected chi connectivity index (χ1v) is 10.3. The van der Waals surface area contributed by atoms with E-state index < -0.39 is 35.8 Å². The number of azo groups is 1. The van der Waals surface area contributed by atoms with Crippen molar-refractivity contribution in [2.75, 3.05) is 0 Å². The summed E-state index contributed by atoms with van der Waals surface area (Å²) in [5, 5.41) is 26.1. The second kappa shape index (κ2) is 6.83. The van der Waals surface area contributed by atoms with Gasteiger partial charge >= 0.3 is 0 Å². The van der Waals surface area contributed by atoms with Crippen molar-refractivity contribution < 1.29 is 36.2 Å². The Labute approximate surface area is 158 Å². The molecular weight excluding hydrogens is 412 g/mol. The van der Waals surface area contributed by atoms with Gasteiger partial charge < -0.3 is 10.2 Å². The van der Waals surface area contributed by atoms with Crippen LogP contribution in [0, 0.1) is 0 Å². The van der Waals surface area contributed by atoms with E-state index in [-0.39, 0.29) is 27.9 Å². The fourth-order valence-electron chi connectivity index (χ4n) is 2.51. The van der Waals surface area contributed by atoms with E-state index in [4.69, 9.17) is 0 Å². The van der Waals surface area contributed by atoms with Crippen LogP contribution in [0.25, 0.3) is 10.8 Å². The number of nitrogens with zero attached hydrogens (tertiary/aromatic N) is 2. The molecule has 0 saturated carbocycles. The van der Waals surface area contributed by atoms with E-state index in [9.17, 15) is 36.2 Å². The van der Waals surface area contributed by atoms with Crippen LogP contribution in [0.3, 0.4) is 0 Å². The molecule has 0 aliphatic rings. The molecule has 3 rings (SSSR count). The summed E-state index contributed by atoms with van der Waals surface area (Å²) >= 11 is 0. The number of phenols is 2. The summed E-state index contributed by atoms with van der Waals surface area (Å²) in [6.45, 7) is 0. The van der Waals surface area contributed by atoms with Gasteiger partial charge in [0.05, 0.1) is 5.69 Å². The molecule has 3 aromatic rings. The van der Waals surface area contributed by atoms with Crippen LogP contribution >= 0.6 is 0 Å². The fourth-order valence-corrected chi connectivity index (χ4v) is 3.94. The van der Waals surface area contributed by atoms with E-state index in [1.165, 1.54) is 24.3 Å². The Balaban J connectivity index is 2.28. The van der Waals surface area contributed by atoms with Gasteiger partial charge in [0.2, 0.25) is 0 Å². The van der Waals surface area contributed by atoms with Gasteiger partial charge in [0, 0.05) is 16.8 Å². The number of benzene rings is 3. The summed E-state index contributed by atoms with van der Waals surface area (Å²) in [7, 11) is -9.48. The van der Waals surface area contributed by atoms with E-state index in [1.54, 1.807) is 0 Å². The van der Waals surface area contributed by atoms with Crippen molar-refractivity contribution in [1.82, 2.24) is 0 Å². The van der Waals surface area contributed by atoms with Gasteiger partial charge in [-0.3, -0.25) is 9.11 Å². The van der Waals surface area contributed by atoms with Crippen LogP contribution < -0.4 is 0 Å². The summed E-state index contributed by atoms with van der Waals surface area (Å²) in [6.07, 6.45) is 0. The third kappa shape index (κ3) is 3.94. The van der Waals surface area contributed by atoms with Gasteiger partial charge in [0.15, 0.2) is 0 Å². The molecule has 4 N–H and O–H groups in total. The number of phenolic OH excluding ortho intramolecular Hbond substituents is 2. The first kappa shape index (κ1) is 19.7. The molecule has 0 unspecified atom stereocenters. The number of hydrogen-bond acceptors (Lipinski definition) is 8. The smallest absolute Gasteiger partial charge is 0.295 e. The Morgan fingerprint density at radius 1 is 0.714 bits per heavy atom. The van der Waals surface area contributed by atoms with Gasteiger partial charge in [-0.1, -0.05) is 12.1 Å². The maximum Gasteiger partial charge on any atom is 0.295 e. The molecular formula is C16H12N2O8S2. The normalized spacial score (nSPS) is 12.6. The lowest BCUT2D eigenvalue weighted by molar-refractivity contribution is 0.451. The molecule has 0 aliphatic carbocycles. The minimum Gasteiger partial charge on any atom is -0.508 e. The largest absolute Gasteiger partial charge is 0.508 e. The first-order valence-electron chi connectivity index (χ1n) is 7.42. The SMILES string of the molecule is O=S(=O)(O)c1cc(N=Nc2ccc(O)cc2O)cc2c(S(=O)(=O)O)cccc12. The lowest BCUT2D eigenvalue weighted by Crippen LogP contribution is -2.03. The highest BCUT2D eigenvalue weighted by Crippen LogP contribution is 2.35. The third-order valence-electron chi connectivity index (χ3n) is 3.69. The Morgan fingerprint density at radius 2 is 1.39 bits per heavy atom. The minimum atomic E-state index is -4.77. The van der Waals surface area contributed by atoms with Crippen LogP contribution in [0.2, 0.25) is 0 Å². The standard InChI is InChI=1S/C16H12N2O8S2/c19-10-4-5-13(14(20)8-10)18-17-9-6-12-11(16(7-9)28(24,25)26)2-1-3-15(12)27(21,22)23/h1-8,19-20H,(H,21,22,23)(H,24,25,26). The Morgan fingerprint density at radius 3 is 2.00 bits per heavy atom. The van der Waals surface area contributed by atoms with Gasteiger partial charge in [-0.15, -0.1) is 5.11 Å². The molecule has 0 bridgehead atoms. The number of aromatic hydroxyl groups is 2. The molecule has 0 spiro atoms. The monoisotopic (exact) mass is 424 g/mol. The average Bonchev–Trinajstić information content (AvgIpc) is 2.58. The summed E-state index contributed by atoms with van der Waals surface area (Å²) in [6, 6.07) is 9.08. The van der Waals surface area contributed by atoms with Gasteiger partial charge in [-0.05, 0) is 30.3 Å². The fraction of sp³-hybridized carbons (Fsp3) is 0. The average molecular weight is 424 g/mol. The summed E-state index contributed by atoms with van der Waals surface area (Å²) in [5.74, 6) is -0.619. The Bertz CT molecular complexity index is 1330. The summed E-state index contributed by atoms with van der Waals surface area (Å²) < 4.78 is 65.6. The van der Waals surface area contributed by atoms with Crippen molar-refractivity contribution in [2.45, 2.75) is 9.79 Å². The predicted molar refractivity (Wildman–Crippen MR) is 97.5 cm³/mol. The maximum atomic E-state index is 11.7. The zero-order valence-electron chi connectivity index (χ0n) is 13.8. The molecule has 0 amide bonds. The molecule has 146 valence electrons. The topological polar surface area (TPSA) is 174 Å². The molecule has 28 heavy (non-hydrogen) atoms. The van der Waals surface area contributed by atoms with Crippen molar-refractivity contribution >= 4 is 42.4 Å². The van der Waals surface area contributed by atoms with Crippen LogP contribution in [0.5, 0.6) is 11.5 Å². The highest BCUT2D eigenvalue weighted by molar-refractivity contribution is 7.86. The van der Waals surface area contributed by atoms with Gasteiger partial charge in [-0.2, -0.15) is 21.9 Å². The number of hydrogen-bond donors (Lipinski definition) is 4. The highest BCUT2D eigenvalue weighted by atomic mass is 32.2. The summed E-state index contributed by atoms with van der Waals surface area (Å²) in [5.41, 5.74) is -0.238. The zero-order chi connectivity index (χ0) is 20.7. The molecule has 0 saturated heterocycles. The number of fused-ring (bicyclic) bond motifs is 1. The van der Waals surface area contributed by atoms with Gasteiger partial charge in [0.25, 0.3) is 20.2 Å². The van der Waals surface area contributed by atoms with E-state index in [1.807, 2.05) is 0 Å². The van der Waals surface area contributed by atoms with E-state index in [0.29, 0.717) is 0 Å².